The molecular formula is C28H36N2O2. The Bertz CT molecular complexity index is 906. The van der Waals surface area contributed by atoms with E-state index in [1.54, 1.807) is 0 Å². The molecule has 3 aromatic rings. The van der Waals surface area contributed by atoms with Crippen molar-refractivity contribution in [3.05, 3.63) is 66.5 Å². The normalized spacial score (nSPS) is 12.0. The zero-order chi connectivity index (χ0) is 22.6. The molecule has 1 atom stereocenters. The number of nitrogens with zero attached hydrogens (tertiary/aromatic N) is 2. The van der Waals surface area contributed by atoms with E-state index < -0.39 is 0 Å². The number of rotatable bonds is 13. The second-order valence-corrected chi connectivity index (χ2v) is 8.32. The number of hydrogen-bond donors (Lipinski definition) is 0. The highest BCUT2D eigenvalue weighted by atomic mass is 16.5. The van der Waals surface area contributed by atoms with Gasteiger partial charge in [0.05, 0.1) is 6.10 Å². The Hall–Kier alpha value is -2.72. The van der Waals surface area contributed by atoms with E-state index in [1.807, 2.05) is 24.5 Å². The Morgan fingerprint density at radius 2 is 1.34 bits per heavy atom. The van der Waals surface area contributed by atoms with Crippen molar-refractivity contribution >= 4 is 0 Å². The van der Waals surface area contributed by atoms with E-state index in [0.29, 0.717) is 6.61 Å². The van der Waals surface area contributed by atoms with Crippen molar-refractivity contribution in [1.82, 2.24) is 9.97 Å². The molecule has 0 aliphatic heterocycles. The van der Waals surface area contributed by atoms with Gasteiger partial charge < -0.3 is 9.47 Å². The van der Waals surface area contributed by atoms with Gasteiger partial charge in [-0.3, -0.25) is 0 Å². The van der Waals surface area contributed by atoms with Crippen molar-refractivity contribution in [3.63, 3.8) is 0 Å². The number of aromatic nitrogens is 2. The first-order chi connectivity index (χ1) is 15.7. The summed E-state index contributed by atoms with van der Waals surface area (Å²) in [6.45, 7) is 7.83. The van der Waals surface area contributed by atoms with Gasteiger partial charge >= 0.3 is 0 Å². The zero-order valence-corrected chi connectivity index (χ0v) is 19.7. The van der Waals surface area contributed by atoms with E-state index >= 15 is 0 Å². The van der Waals surface area contributed by atoms with E-state index in [1.165, 1.54) is 31.2 Å². The molecule has 0 aliphatic carbocycles. The summed E-state index contributed by atoms with van der Waals surface area (Å²) in [7, 11) is 0. The van der Waals surface area contributed by atoms with Crippen molar-refractivity contribution in [1.29, 1.82) is 0 Å². The Balaban J connectivity index is 1.52. The largest absolute Gasteiger partial charge is 0.491 e. The van der Waals surface area contributed by atoms with Crippen LogP contribution in [-0.2, 0) is 11.2 Å². The Morgan fingerprint density at radius 3 is 1.97 bits per heavy atom. The van der Waals surface area contributed by atoms with Gasteiger partial charge in [0.25, 0.3) is 0 Å². The summed E-state index contributed by atoms with van der Waals surface area (Å²) in [4.78, 5) is 9.08. The first-order valence-electron chi connectivity index (χ1n) is 12.0. The van der Waals surface area contributed by atoms with E-state index in [2.05, 4.69) is 67.1 Å². The third-order valence-electron chi connectivity index (χ3n) is 5.49. The molecule has 4 heteroatoms. The van der Waals surface area contributed by atoms with Crippen LogP contribution in [0, 0.1) is 0 Å². The van der Waals surface area contributed by atoms with Crippen molar-refractivity contribution < 1.29 is 9.47 Å². The van der Waals surface area contributed by atoms with Crippen LogP contribution in [-0.4, -0.2) is 29.3 Å². The van der Waals surface area contributed by atoms with Crippen LogP contribution < -0.4 is 4.74 Å². The summed E-state index contributed by atoms with van der Waals surface area (Å²) in [6, 6.07) is 16.6. The van der Waals surface area contributed by atoms with Crippen LogP contribution in [0.25, 0.3) is 22.5 Å². The lowest BCUT2D eigenvalue weighted by molar-refractivity contribution is 0.0304. The fourth-order valence-corrected chi connectivity index (χ4v) is 3.47. The Labute approximate surface area is 193 Å². The average Bonchev–Trinajstić information content (AvgIpc) is 2.85. The summed E-state index contributed by atoms with van der Waals surface area (Å²) >= 11 is 0. The molecule has 170 valence electrons. The fourth-order valence-electron chi connectivity index (χ4n) is 3.47. The Morgan fingerprint density at radius 1 is 0.750 bits per heavy atom. The lowest BCUT2D eigenvalue weighted by Crippen LogP contribution is -2.18. The second kappa shape index (κ2) is 13.0. The van der Waals surface area contributed by atoms with Gasteiger partial charge in [-0.05, 0) is 55.0 Å². The highest BCUT2D eigenvalue weighted by Gasteiger charge is 2.06. The predicted octanol–water partition coefficient (Wildman–Crippen LogP) is 7.13. The monoisotopic (exact) mass is 432 g/mol. The smallest absolute Gasteiger partial charge is 0.159 e. The van der Waals surface area contributed by atoms with E-state index in [-0.39, 0.29) is 6.10 Å². The highest BCUT2D eigenvalue weighted by Crippen LogP contribution is 2.25. The Kier molecular flexibility index (Phi) is 9.70. The molecule has 32 heavy (non-hydrogen) atoms. The van der Waals surface area contributed by atoms with Gasteiger partial charge in [0, 0.05) is 24.6 Å². The third-order valence-corrected chi connectivity index (χ3v) is 5.49. The molecule has 0 saturated carbocycles. The maximum Gasteiger partial charge on any atom is 0.159 e. The first-order valence-corrected chi connectivity index (χ1v) is 12.0. The van der Waals surface area contributed by atoms with Crippen LogP contribution >= 0.6 is 0 Å². The topological polar surface area (TPSA) is 44.2 Å². The minimum absolute atomic E-state index is 0.0991. The van der Waals surface area contributed by atoms with Crippen molar-refractivity contribution in [2.24, 2.45) is 0 Å². The van der Waals surface area contributed by atoms with Crippen molar-refractivity contribution in [3.8, 4) is 28.3 Å². The van der Waals surface area contributed by atoms with Crippen LogP contribution in [0.1, 0.15) is 58.4 Å². The second-order valence-electron chi connectivity index (χ2n) is 8.32. The number of benzene rings is 2. The molecule has 1 aromatic heterocycles. The van der Waals surface area contributed by atoms with Crippen LogP contribution in [0.2, 0.25) is 0 Å². The van der Waals surface area contributed by atoms with Crippen LogP contribution in [0.5, 0.6) is 5.75 Å². The predicted molar refractivity (Wildman–Crippen MR) is 132 cm³/mol. The standard InChI is InChI=1S/C28H36N2O2/c1-4-6-8-18-31-22(3)21-32-27-16-14-25(15-17-27)24-10-12-26(13-11-24)28-29-19-23(20-30-28)9-7-5-2/h10-17,19-20,22H,4-9,18,21H2,1-3H3. The van der Waals surface area contributed by atoms with Crippen LogP contribution in [0.4, 0.5) is 0 Å². The van der Waals surface area contributed by atoms with Gasteiger partial charge in [0.2, 0.25) is 0 Å². The third kappa shape index (κ3) is 7.45. The van der Waals surface area contributed by atoms with Gasteiger partial charge in [-0.2, -0.15) is 0 Å². The molecule has 0 radical (unpaired) electrons. The molecule has 0 fully saturated rings. The van der Waals surface area contributed by atoms with Crippen LogP contribution in [0.3, 0.4) is 0 Å². The summed E-state index contributed by atoms with van der Waals surface area (Å²) in [5, 5.41) is 0. The van der Waals surface area contributed by atoms with Crippen molar-refractivity contribution in [2.75, 3.05) is 13.2 Å². The number of unbranched alkanes of at least 4 members (excludes halogenated alkanes) is 3. The molecule has 0 amide bonds. The van der Waals surface area contributed by atoms with Gasteiger partial charge in [0.1, 0.15) is 12.4 Å². The van der Waals surface area contributed by atoms with Gasteiger partial charge in [0.15, 0.2) is 5.82 Å². The molecule has 0 N–H and O–H groups in total. The lowest BCUT2D eigenvalue weighted by atomic mass is 10.0. The first kappa shape index (κ1) is 23.9. The van der Waals surface area contributed by atoms with Gasteiger partial charge in [-0.15, -0.1) is 0 Å². The molecule has 1 unspecified atom stereocenters. The summed E-state index contributed by atoms with van der Waals surface area (Å²) in [5.74, 6) is 1.64. The molecule has 0 spiro atoms. The molecule has 0 aliphatic rings. The molecule has 1 heterocycles. The zero-order valence-electron chi connectivity index (χ0n) is 19.7. The average molecular weight is 433 g/mol. The quantitative estimate of drug-likeness (QED) is 0.270. The lowest BCUT2D eigenvalue weighted by Gasteiger charge is -2.14. The summed E-state index contributed by atoms with van der Waals surface area (Å²) in [6.07, 6.45) is 10.9. The molecule has 0 saturated heterocycles. The maximum absolute atomic E-state index is 5.89. The summed E-state index contributed by atoms with van der Waals surface area (Å²) in [5.41, 5.74) is 4.55. The molecule has 2 aromatic carbocycles. The number of ether oxygens (including phenoxy) is 2. The number of aryl methyl sites for hydroxylation is 1. The molecule has 4 nitrogen and oxygen atoms in total. The molecule has 0 bridgehead atoms. The van der Waals surface area contributed by atoms with Crippen molar-refractivity contribution in [2.45, 2.75) is 65.4 Å². The fraction of sp³-hybridized carbons (Fsp3) is 0.429. The van der Waals surface area contributed by atoms with E-state index in [0.717, 1.165) is 47.7 Å². The molecule has 3 rings (SSSR count). The maximum atomic E-state index is 5.89. The summed E-state index contributed by atoms with van der Waals surface area (Å²) < 4.78 is 11.7. The van der Waals surface area contributed by atoms with Gasteiger partial charge in [-0.1, -0.05) is 69.5 Å². The number of hydrogen-bond acceptors (Lipinski definition) is 4. The van der Waals surface area contributed by atoms with E-state index in [9.17, 15) is 0 Å². The minimum Gasteiger partial charge on any atom is -0.491 e. The molecular weight excluding hydrogens is 396 g/mol. The highest BCUT2D eigenvalue weighted by molar-refractivity contribution is 5.68. The SMILES string of the molecule is CCCCCOC(C)COc1ccc(-c2ccc(-c3ncc(CCCC)cn3)cc2)cc1. The van der Waals surface area contributed by atoms with Gasteiger partial charge in [-0.25, -0.2) is 9.97 Å². The van der Waals surface area contributed by atoms with Crippen LogP contribution in [0.15, 0.2) is 60.9 Å². The minimum atomic E-state index is 0.0991. The van der Waals surface area contributed by atoms with E-state index in [4.69, 9.17) is 9.47 Å².